The first-order valence-electron chi connectivity index (χ1n) is 9.49. The van der Waals surface area contributed by atoms with Crippen molar-refractivity contribution < 1.29 is 9.59 Å². The van der Waals surface area contributed by atoms with Gasteiger partial charge in [-0.05, 0) is 55.5 Å². The van der Waals surface area contributed by atoms with Crippen molar-refractivity contribution in [2.45, 2.75) is 39.2 Å². The molecule has 2 aromatic carbocycles. The second-order valence-electron chi connectivity index (χ2n) is 7.16. The number of anilines is 1. The molecule has 1 aliphatic rings. The van der Waals surface area contributed by atoms with Gasteiger partial charge in [-0.3, -0.25) is 4.79 Å². The second kappa shape index (κ2) is 8.71. The molecule has 1 heterocycles. The molecule has 0 aromatic heterocycles. The van der Waals surface area contributed by atoms with Gasteiger partial charge in [0.25, 0.3) is 0 Å². The summed E-state index contributed by atoms with van der Waals surface area (Å²) in [6, 6.07) is 15.9. The van der Waals surface area contributed by atoms with Gasteiger partial charge < -0.3 is 15.5 Å². The fraction of sp³-hybridized carbons (Fsp3) is 0.364. The minimum Gasteiger partial charge on any atom is -0.338 e. The number of hydrogen-bond donors (Lipinski definition) is 2. The fourth-order valence-electron chi connectivity index (χ4n) is 3.32. The first-order valence-corrected chi connectivity index (χ1v) is 9.49. The second-order valence-corrected chi connectivity index (χ2v) is 7.16. The topological polar surface area (TPSA) is 61.4 Å². The minimum absolute atomic E-state index is 0.0487. The molecule has 27 heavy (non-hydrogen) atoms. The van der Waals surface area contributed by atoms with Crippen LogP contribution in [0.2, 0.25) is 0 Å². The van der Waals surface area contributed by atoms with E-state index < -0.39 is 0 Å². The van der Waals surface area contributed by atoms with Crippen LogP contribution in [0.25, 0.3) is 0 Å². The number of benzene rings is 2. The van der Waals surface area contributed by atoms with Gasteiger partial charge in [0.15, 0.2) is 0 Å². The van der Waals surface area contributed by atoms with Gasteiger partial charge in [0.2, 0.25) is 5.91 Å². The first kappa shape index (κ1) is 19.0. The van der Waals surface area contributed by atoms with Crippen molar-refractivity contribution in [2.75, 3.05) is 18.0 Å². The number of aryl methyl sites for hydroxylation is 3. The highest BCUT2D eigenvalue weighted by Gasteiger charge is 2.31. The van der Waals surface area contributed by atoms with Crippen LogP contribution in [0, 0.1) is 13.8 Å². The van der Waals surface area contributed by atoms with Crippen molar-refractivity contribution in [2.24, 2.45) is 0 Å². The van der Waals surface area contributed by atoms with Gasteiger partial charge in [-0.15, -0.1) is 0 Å². The molecule has 2 aromatic rings. The minimum atomic E-state index is -0.206. The standard InChI is InChI=1S/C22H27N3O2/c1-16-10-11-20(13-17(16)2)25-15-19(14-21(25)26)24-22(27)23-12-6-9-18-7-4-3-5-8-18/h3-5,7-8,10-11,13,19H,6,9,12,14-15H2,1-2H3,(H2,23,24,27). The Balaban J connectivity index is 1.43. The summed E-state index contributed by atoms with van der Waals surface area (Å²) in [4.78, 5) is 26.2. The smallest absolute Gasteiger partial charge is 0.315 e. The van der Waals surface area contributed by atoms with Gasteiger partial charge in [-0.2, -0.15) is 0 Å². The first-order chi connectivity index (χ1) is 13.0. The van der Waals surface area contributed by atoms with Crippen LogP contribution in [0.5, 0.6) is 0 Å². The van der Waals surface area contributed by atoms with E-state index in [-0.39, 0.29) is 18.0 Å². The van der Waals surface area contributed by atoms with Crippen molar-refractivity contribution in [1.29, 1.82) is 0 Å². The lowest BCUT2D eigenvalue weighted by molar-refractivity contribution is -0.117. The third kappa shape index (κ3) is 5.09. The molecule has 0 spiro atoms. The highest BCUT2D eigenvalue weighted by atomic mass is 16.2. The summed E-state index contributed by atoms with van der Waals surface area (Å²) in [7, 11) is 0. The van der Waals surface area contributed by atoms with Crippen LogP contribution in [0.3, 0.4) is 0 Å². The number of rotatable bonds is 6. The Labute approximate surface area is 160 Å². The molecule has 2 N–H and O–H groups in total. The van der Waals surface area contributed by atoms with Gasteiger partial charge in [-0.1, -0.05) is 36.4 Å². The van der Waals surface area contributed by atoms with Gasteiger partial charge in [-0.25, -0.2) is 4.79 Å². The van der Waals surface area contributed by atoms with E-state index in [0.717, 1.165) is 24.1 Å². The number of urea groups is 1. The molecule has 3 rings (SSSR count). The summed E-state index contributed by atoms with van der Waals surface area (Å²) in [5.41, 5.74) is 4.53. The summed E-state index contributed by atoms with van der Waals surface area (Å²) in [5.74, 6) is 0.0487. The van der Waals surface area contributed by atoms with Crippen molar-refractivity contribution in [3.8, 4) is 0 Å². The number of carbonyl (C=O) groups is 2. The van der Waals surface area contributed by atoms with Crippen molar-refractivity contribution in [1.82, 2.24) is 10.6 Å². The third-order valence-corrected chi connectivity index (χ3v) is 5.03. The summed E-state index contributed by atoms with van der Waals surface area (Å²) in [5, 5.41) is 5.81. The lowest BCUT2D eigenvalue weighted by Crippen LogP contribution is -2.43. The van der Waals surface area contributed by atoms with Crippen molar-refractivity contribution in [3.63, 3.8) is 0 Å². The number of amides is 3. The van der Waals surface area contributed by atoms with E-state index in [4.69, 9.17) is 0 Å². The molecule has 0 bridgehead atoms. The van der Waals surface area contributed by atoms with Crippen LogP contribution >= 0.6 is 0 Å². The van der Waals surface area contributed by atoms with Crippen molar-refractivity contribution >= 4 is 17.6 Å². The summed E-state index contributed by atoms with van der Waals surface area (Å²) in [6.07, 6.45) is 2.16. The molecule has 5 heteroatoms. The highest BCUT2D eigenvalue weighted by Crippen LogP contribution is 2.24. The van der Waals surface area contributed by atoms with Crippen molar-refractivity contribution in [3.05, 3.63) is 65.2 Å². The Kier molecular flexibility index (Phi) is 6.12. The summed E-state index contributed by atoms with van der Waals surface area (Å²) in [6.45, 7) is 5.22. The molecule has 5 nitrogen and oxygen atoms in total. The molecule has 1 fully saturated rings. The molecule has 1 unspecified atom stereocenters. The monoisotopic (exact) mass is 365 g/mol. The Morgan fingerprint density at radius 1 is 1.11 bits per heavy atom. The van der Waals surface area contributed by atoms with Crippen LogP contribution in [-0.2, 0) is 11.2 Å². The van der Waals surface area contributed by atoms with Gasteiger partial charge in [0, 0.05) is 25.2 Å². The van der Waals surface area contributed by atoms with E-state index in [1.807, 2.05) is 43.3 Å². The quantitative estimate of drug-likeness (QED) is 0.771. The Hall–Kier alpha value is -2.82. The molecule has 0 saturated carbocycles. The van der Waals surface area contributed by atoms with E-state index in [9.17, 15) is 9.59 Å². The molecule has 1 atom stereocenters. The van der Waals surface area contributed by atoms with Gasteiger partial charge in [0.05, 0.1) is 6.04 Å². The maximum absolute atomic E-state index is 12.3. The third-order valence-electron chi connectivity index (χ3n) is 5.03. The maximum atomic E-state index is 12.3. The van der Waals surface area contributed by atoms with Gasteiger partial charge in [0.1, 0.15) is 0 Å². The molecule has 1 aliphatic heterocycles. The molecule has 0 radical (unpaired) electrons. The zero-order valence-electron chi connectivity index (χ0n) is 16.0. The van der Waals surface area contributed by atoms with Crippen LogP contribution in [0.1, 0.15) is 29.5 Å². The SMILES string of the molecule is Cc1ccc(N2CC(NC(=O)NCCCc3ccccc3)CC2=O)cc1C. The van der Waals surface area contributed by atoms with E-state index in [0.29, 0.717) is 19.5 Å². The Bertz CT molecular complexity index is 804. The Morgan fingerprint density at radius 3 is 2.63 bits per heavy atom. The maximum Gasteiger partial charge on any atom is 0.315 e. The lowest BCUT2D eigenvalue weighted by Gasteiger charge is -2.18. The molecule has 0 aliphatic carbocycles. The summed E-state index contributed by atoms with van der Waals surface area (Å²) < 4.78 is 0. The fourth-order valence-corrected chi connectivity index (χ4v) is 3.32. The predicted octanol–water partition coefficient (Wildman–Crippen LogP) is 3.34. The Morgan fingerprint density at radius 2 is 1.89 bits per heavy atom. The lowest BCUT2D eigenvalue weighted by atomic mass is 10.1. The number of nitrogens with one attached hydrogen (secondary N) is 2. The van der Waals surface area contributed by atoms with E-state index in [1.54, 1.807) is 4.90 Å². The molecular formula is C22H27N3O2. The molecule has 1 saturated heterocycles. The van der Waals surface area contributed by atoms with Crippen LogP contribution < -0.4 is 15.5 Å². The van der Waals surface area contributed by atoms with Crippen LogP contribution in [0.4, 0.5) is 10.5 Å². The van der Waals surface area contributed by atoms with E-state index in [2.05, 4.69) is 29.7 Å². The van der Waals surface area contributed by atoms with E-state index >= 15 is 0 Å². The number of hydrogen-bond acceptors (Lipinski definition) is 2. The number of carbonyl (C=O) groups excluding carboxylic acids is 2. The zero-order valence-corrected chi connectivity index (χ0v) is 16.0. The predicted molar refractivity (Wildman–Crippen MR) is 108 cm³/mol. The van der Waals surface area contributed by atoms with Gasteiger partial charge >= 0.3 is 6.03 Å². The zero-order chi connectivity index (χ0) is 19.2. The average molecular weight is 365 g/mol. The number of nitrogens with zero attached hydrogens (tertiary/aromatic N) is 1. The van der Waals surface area contributed by atoms with Crippen LogP contribution in [-0.4, -0.2) is 31.1 Å². The molecular weight excluding hydrogens is 338 g/mol. The molecule has 142 valence electrons. The highest BCUT2D eigenvalue weighted by molar-refractivity contribution is 5.96. The van der Waals surface area contributed by atoms with E-state index in [1.165, 1.54) is 11.1 Å². The average Bonchev–Trinajstić information content (AvgIpc) is 3.02. The molecule has 3 amide bonds. The largest absolute Gasteiger partial charge is 0.338 e. The van der Waals surface area contributed by atoms with Crippen LogP contribution in [0.15, 0.2) is 48.5 Å². The normalized spacial score (nSPS) is 16.4. The summed E-state index contributed by atoms with van der Waals surface area (Å²) >= 11 is 0.